The maximum Gasteiger partial charge on any atom is 0.233 e. The van der Waals surface area contributed by atoms with E-state index in [0.29, 0.717) is 6.42 Å². The average Bonchev–Trinajstić information content (AvgIpc) is 2.38. The Kier molecular flexibility index (Phi) is 5.93. The maximum absolute atomic E-state index is 11.5. The van der Waals surface area contributed by atoms with Crippen LogP contribution >= 0.6 is 0 Å². The van der Waals surface area contributed by atoms with Crippen LogP contribution in [0.25, 0.3) is 0 Å². The fourth-order valence-electron chi connectivity index (χ4n) is 2.21. The third-order valence-electron chi connectivity index (χ3n) is 3.16. The molecule has 0 radical (unpaired) electrons. The predicted molar refractivity (Wildman–Crippen MR) is 64.8 cm³/mol. The fourth-order valence-corrected chi connectivity index (χ4v) is 2.21. The summed E-state index contributed by atoms with van der Waals surface area (Å²) in [6.45, 7) is 2.66. The number of carbonyl (C=O) groups excluding carboxylic acids is 2. The molecule has 0 saturated carbocycles. The van der Waals surface area contributed by atoms with Crippen molar-refractivity contribution in [2.45, 2.75) is 25.7 Å². The maximum atomic E-state index is 11.5. The standard InChI is InChI=1S/C11H22N4O2/c1-13-11(17)9-4-2-6-15(8-9)7-3-5-10(16)14-12/h9H,2-8,12H2,1H3,(H,13,17)(H,14,16). The SMILES string of the molecule is CNC(=O)C1CCCN(CCCC(=O)NN)C1. The highest BCUT2D eigenvalue weighted by molar-refractivity contribution is 5.78. The lowest BCUT2D eigenvalue weighted by Gasteiger charge is -2.31. The van der Waals surface area contributed by atoms with Crippen molar-refractivity contribution in [2.24, 2.45) is 11.8 Å². The summed E-state index contributed by atoms with van der Waals surface area (Å²) in [6.07, 6.45) is 3.22. The topological polar surface area (TPSA) is 87.5 Å². The zero-order chi connectivity index (χ0) is 12.7. The Morgan fingerprint density at radius 3 is 2.88 bits per heavy atom. The summed E-state index contributed by atoms with van der Waals surface area (Å²) in [7, 11) is 1.67. The van der Waals surface area contributed by atoms with Gasteiger partial charge in [0.2, 0.25) is 11.8 Å². The zero-order valence-corrected chi connectivity index (χ0v) is 10.4. The van der Waals surface area contributed by atoms with Gasteiger partial charge in [0.1, 0.15) is 0 Å². The molecular weight excluding hydrogens is 220 g/mol. The second kappa shape index (κ2) is 7.24. The number of hydrogen-bond donors (Lipinski definition) is 3. The van der Waals surface area contributed by atoms with Crippen LogP contribution in [0, 0.1) is 5.92 Å². The van der Waals surface area contributed by atoms with Crippen LogP contribution in [0.2, 0.25) is 0 Å². The molecule has 1 heterocycles. The van der Waals surface area contributed by atoms with Gasteiger partial charge in [0.05, 0.1) is 5.92 Å². The Morgan fingerprint density at radius 1 is 1.47 bits per heavy atom. The first kappa shape index (κ1) is 13.9. The quantitative estimate of drug-likeness (QED) is 0.335. The van der Waals surface area contributed by atoms with Gasteiger partial charge in [0.15, 0.2) is 0 Å². The van der Waals surface area contributed by atoms with Crippen LogP contribution in [0.5, 0.6) is 0 Å². The highest BCUT2D eigenvalue weighted by Crippen LogP contribution is 2.16. The summed E-state index contributed by atoms with van der Waals surface area (Å²) >= 11 is 0. The van der Waals surface area contributed by atoms with Crippen molar-refractivity contribution in [3.05, 3.63) is 0 Å². The number of amides is 2. The molecule has 6 heteroatoms. The van der Waals surface area contributed by atoms with Crippen LogP contribution in [0.15, 0.2) is 0 Å². The van der Waals surface area contributed by atoms with Crippen LogP contribution in [0.1, 0.15) is 25.7 Å². The molecule has 98 valence electrons. The van der Waals surface area contributed by atoms with Crippen molar-refractivity contribution in [1.29, 1.82) is 0 Å². The molecule has 0 aromatic carbocycles. The Bertz CT molecular complexity index is 270. The number of hydrogen-bond acceptors (Lipinski definition) is 4. The molecule has 1 rings (SSSR count). The number of nitrogens with zero attached hydrogens (tertiary/aromatic N) is 1. The van der Waals surface area contributed by atoms with Crippen molar-refractivity contribution in [3.63, 3.8) is 0 Å². The van der Waals surface area contributed by atoms with Crippen molar-refractivity contribution >= 4 is 11.8 Å². The molecule has 1 aliphatic rings. The molecule has 2 amide bonds. The molecular formula is C11H22N4O2. The van der Waals surface area contributed by atoms with Gasteiger partial charge in [-0.3, -0.25) is 15.0 Å². The van der Waals surface area contributed by atoms with E-state index in [4.69, 9.17) is 5.84 Å². The lowest BCUT2D eigenvalue weighted by atomic mass is 9.97. The van der Waals surface area contributed by atoms with Crippen LogP contribution in [0.3, 0.4) is 0 Å². The summed E-state index contributed by atoms with van der Waals surface area (Å²) in [4.78, 5) is 24.7. The fraction of sp³-hybridized carbons (Fsp3) is 0.818. The largest absolute Gasteiger partial charge is 0.359 e. The Labute approximate surface area is 102 Å². The summed E-state index contributed by atoms with van der Waals surface area (Å²) in [5, 5.41) is 2.69. The number of nitrogens with one attached hydrogen (secondary N) is 2. The average molecular weight is 242 g/mol. The Balaban J connectivity index is 2.25. The van der Waals surface area contributed by atoms with Crippen molar-refractivity contribution in [2.75, 3.05) is 26.7 Å². The normalized spacial score (nSPS) is 20.9. The lowest BCUT2D eigenvalue weighted by molar-refractivity contribution is -0.126. The van der Waals surface area contributed by atoms with E-state index in [2.05, 4.69) is 15.6 Å². The van der Waals surface area contributed by atoms with Gasteiger partial charge in [-0.25, -0.2) is 5.84 Å². The molecule has 6 nitrogen and oxygen atoms in total. The first-order chi connectivity index (χ1) is 8.17. The number of piperidine rings is 1. The van der Waals surface area contributed by atoms with Gasteiger partial charge in [-0.15, -0.1) is 0 Å². The van der Waals surface area contributed by atoms with Crippen LogP contribution < -0.4 is 16.6 Å². The molecule has 1 unspecified atom stereocenters. The Hall–Kier alpha value is -1.14. The van der Waals surface area contributed by atoms with Crippen molar-refractivity contribution in [3.8, 4) is 0 Å². The first-order valence-electron chi connectivity index (χ1n) is 6.10. The van der Waals surface area contributed by atoms with Gasteiger partial charge in [0.25, 0.3) is 0 Å². The smallest absolute Gasteiger partial charge is 0.233 e. The summed E-state index contributed by atoms with van der Waals surface area (Å²) in [5.74, 6) is 5.08. The van der Waals surface area contributed by atoms with Gasteiger partial charge in [-0.05, 0) is 32.4 Å². The van der Waals surface area contributed by atoms with E-state index in [1.165, 1.54) is 0 Å². The number of nitrogens with two attached hydrogens (primary N) is 1. The molecule has 1 fully saturated rings. The predicted octanol–water partition coefficient (Wildman–Crippen LogP) is -0.785. The van der Waals surface area contributed by atoms with E-state index in [1.54, 1.807) is 7.05 Å². The van der Waals surface area contributed by atoms with E-state index in [0.717, 1.165) is 38.9 Å². The highest BCUT2D eigenvalue weighted by atomic mass is 16.2. The van der Waals surface area contributed by atoms with E-state index in [9.17, 15) is 9.59 Å². The summed E-state index contributed by atoms with van der Waals surface area (Å²) in [6, 6.07) is 0. The number of hydrazine groups is 1. The Morgan fingerprint density at radius 2 is 2.24 bits per heavy atom. The minimum absolute atomic E-state index is 0.0945. The molecule has 0 aliphatic carbocycles. The van der Waals surface area contributed by atoms with Gasteiger partial charge < -0.3 is 10.2 Å². The number of likely N-dealkylation sites (tertiary alicyclic amines) is 1. The monoisotopic (exact) mass is 242 g/mol. The zero-order valence-electron chi connectivity index (χ0n) is 10.4. The summed E-state index contributed by atoms with van der Waals surface area (Å²) < 4.78 is 0. The molecule has 0 aromatic rings. The highest BCUT2D eigenvalue weighted by Gasteiger charge is 2.24. The third-order valence-corrected chi connectivity index (χ3v) is 3.16. The molecule has 1 saturated heterocycles. The van der Waals surface area contributed by atoms with Crippen molar-refractivity contribution in [1.82, 2.24) is 15.6 Å². The van der Waals surface area contributed by atoms with E-state index >= 15 is 0 Å². The second-order valence-corrected chi connectivity index (χ2v) is 4.43. The minimum Gasteiger partial charge on any atom is -0.359 e. The molecule has 17 heavy (non-hydrogen) atoms. The molecule has 0 aromatic heterocycles. The third kappa shape index (κ3) is 4.70. The molecule has 1 atom stereocenters. The van der Waals surface area contributed by atoms with E-state index in [-0.39, 0.29) is 17.7 Å². The van der Waals surface area contributed by atoms with Crippen molar-refractivity contribution < 1.29 is 9.59 Å². The molecule has 0 bridgehead atoms. The van der Waals surface area contributed by atoms with Crippen LogP contribution in [0.4, 0.5) is 0 Å². The van der Waals surface area contributed by atoms with Gasteiger partial charge in [-0.2, -0.15) is 0 Å². The second-order valence-electron chi connectivity index (χ2n) is 4.43. The molecule has 4 N–H and O–H groups in total. The number of rotatable bonds is 5. The molecule has 0 spiro atoms. The van der Waals surface area contributed by atoms with Crippen LogP contribution in [-0.2, 0) is 9.59 Å². The van der Waals surface area contributed by atoms with E-state index in [1.807, 2.05) is 0 Å². The molecule has 1 aliphatic heterocycles. The first-order valence-corrected chi connectivity index (χ1v) is 6.10. The van der Waals surface area contributed by atoms with Gasteiger partial charge in [0, 0.05) is 20.0 Å². The van der Waals surface area contributed by atoms with E-state index < -0.39 is 0 Å². The van der Waals surface area contributed by atoms with Gasteiger partial charge in [-0.1, -0.05) is 0 Å². The summed E-state index contributed by atoms with van der Waals surface area (Å²) in [5.41, 5.74) is 2.12. The van der Waals surface area contributed by atoms with Crippen LogP contribution in [-0.4, -0.2) is 43.4 Å². The minimum atomic E-state index is -0.134. The van der Waals surface area contributed by atoms with Gasteiger partial charge >= 0.3 is 0 Å². The lowest BCUT2D eigenvalue weighted by Crippen LogP contribution is -2.42. The number of carbonyl (C=O) groups is 2.